The standard InChI is InChI=1S/C13H17N3O4S/c1-9-7-10(2)16(13(18)14-9)5-3-12(17)15-11-4-6-21(19,20)8-11/h4,6-7,11H,3,5,8H2,1-2H3,(H,15,17). The molecule has 7 nitrogen and oxygen atoms in total. The van der Waals surface area contributed by atoms with Crippen molar-refractivity contribution in [3.63, 3.8) is 0 Å². The molecule has 1 N–H and O–H groups in total. The molecule has 0 saturated carbocycles. The third-order valence-corrected chi connectivity index (χ3v) is 4.58. The van der Waals surface area contributed by atoms with E-state index in [1.165, 1.54) is 10.6 Å². The molecule has 21 heavy (non-hydrogen) atoms. The first-order valence-corrected chi connectivity index (χ1v) is 8.24. The van der Waals surface area contributed by atoms with E-state index in [1.54, 1.807) is 19.9 Å². The maximum absolute atomic E-state index is 11.8. The third-order valence-electron chi connectivity index (χ3n) is 3.19. The summed E-state index contributed by atoms with van der Waals surface area (Å²) in [5.74, 6) is -0.405. The van der Waals surface area contributed by atoms with Crippen LogP contribution in [0.5, 0.6) is 0 Å². The number of nitrogens with zero attached hydrogens (tertiary/aromatic N) is 2. The number of aryl methyl sites for hydroxylation is 2. The van der Waals surface area contributed by atoms with Crippen molar-refractivity contribution in [1.29, 1.82) is 0 Å². The van der Waals surface area contributed by atoms with E-state index in [-0.39, 0.29) is 30.3 Å². The molecule has 0 radical (unpaired) electrons. The van der Waals surface area contributed by atoms with E-state index in [4.69, 9.17) is 0 Å². The van der Waals surface area contributed by atoms with Crippen molar-refractivity contribution in [3.05, 3.63) is 39.4 Å². The summed E-state index contributed by atoms with van der Waals surface area (Å²) in [5.41, 5.74) is 0.992. The average molecular weight is 311 g/mol. The second-order valence-electron chi connectivity index (χ2n) is 5.06. The van der Waals surface area contributed by atoms with Gasteiger partial charge in [0.25, 0.3) is 0 Å². The van der Waals surface area contributed by atoms with Crippen molar-refractivity contribution in [2.75, 3.05) is 5.75 Å². The summed E-state index contributed by atoms with van der Waals surface area (Å²) in [5, 5.41) is 3.72. The van der Waals surface area contributed by atoms with Crippen molar-refractivity contribution in [2.45, 2.75) is 32.9 Å². The van der Waals surface area contributed by atoms with Gasteiger partial charge in [-0.25, -0.2) is 13.2 Å². The maximum atomic E-state index is 11.8. The molecule has 1 aromatic heterocycles. The molecule has 2 rings (SSSR count). The van der Waals surface area contributed by atoms with E-state index < -0.39 is 15.9 Å². The van der Waals surface area contributed by atoms with Crippen LogP contribution in [-0.2, 0) is 21.2 Å². The van der Waals surface area contributed by atoms with Gasteiger partial charge in [-0.3, -0.25) is 9.36 Å². The highest BCUT2D eigenvalue weighted by atomic mass is 32.2. The highest BCUT2D eigenvalue weighted by molar-refractivity contribution is 7.94. The van der Waals surface area contributed by atoms with Gasteiger partial charge >= 0.3 is 5.69 Å². The molecule has 1 amide bonds. The van der Waals surface area contributed by atoms with Crippen LogP contribution < -0.4 is 11.0 Å². The van der Waals surface area contributed by atoms with Gasteiger partial charge in [0.1, 0.15) is 0 Å². The Balaban J connectivity index is 1.94. The fourth-order valence-electron chi connectivity index (χ4n) is 2.20. The average Bonchev–Trinajstić information content (AvgIpc) is 2.67. The highest BCUT2D eigenvalue weighted by Crippen LogP contribution is 2.08. The van der Waals surface area contributed by atoms with Crippen molar-refractivity contribution in [3.8, 4) is 0 Å². The minimum Gasteiger partial charge on any atom is -0.349 e. The Bertz CT molecular complexity index is 749. The Kier molecular flexibility index (Phi) is 4.26. The van der Waals surface area contributed by atoms with E-state index in [0.717, 1.165) is 11.1 Å². The fraction of sp³-hybridized carbons (Fsp3) is 0.462. The number of hydrogen-bond donors (Lipinski definition) is 1. The van der Waals surface area contributed by atoms with Crippen LogP contribution >= 0.6 is 0 Å². The Labute approximate surface area is 122 Å². The fourth-order valence-corrected chi connectivity index (χ4v) is 3.44. The molecule has 0 spiro atoms. The van der Waals surface area contributed by atoms with Gasteiger partial charge < -0.3 is 5.32 Å². The first kappa shape index (κ1) is 15.4. The molecule has 0 aliphatic carbocycles. The summed E-state index contributed by atoms with van der Waals surface area (Å²) >= 11 is 0. The number of amides is 1. The predicted octanol–water partition coefficient (Wildman–Crippen LogP) is -0.323. The van der Waals surface area contributed by atoms with E-state index >= 15 is 0 Å². The van der Waals surface area contributed by atoms with Gasteiger partial charge in [0.05, 0.1) is 11.8 Å². The van der Waals surface area contributed by atoms with Crippen molar-refractivity contribution in [1.82, 2.24) is 14.9 Å². The van der Waals surface area contributed by atoms with Gasteiger partial charge in [0.15, 0.2) is 9.84 Å². The number of aromatic nitrogens is 2. The second kappa shape index (κ2) is 5.80. The predicted molar refractivity (Wildman–Crippen MR) is 77.4 cm³/mol. The van der Waals surface area contributed by atoms with Gasteiger partial charge in [-0.1, -0.05) is 0 Å². The van der Waals surface area contributed by atoms with Crippen LogP contribution in [-0.4, -0.2) is 35.7 Å². The topological polar surface area (TPSA) is 98.1 Å². The Morgan fingerprint density at radius 3 is 2.76 bits per heavy atom. The lowest BCUT2D eigenvalue weighted by Gasteiger charge is -2.12. The summed E-state index contributed by atoms with van der Waals surface area (Å²) in [4.78, 5) is 27.3. The summed E-state index contributed by atoms with van der Waals surface area (Å²) < 4.78 is 23.9. The van der Waals surface area contributed by atoms with Gasteiger partial charge in [-0.05, 0) is 26.0 Å². The van der Waals surface area contributed by atoms with Crippen LogP contribution in [0.3, 0.4) is 0 Å². The van der Waals surface area contributed by atoms with Crippen LogP contribution in [0.4, 0.5) is 0 Å². The van der Waals surface area contributed by atoms with Crippen LogP contribution in [0.2, 0.25) is 0 Å². The molecular formula is C13H17N3O4S. The second-order valence-corrected chi connectivity index (χ2v) is 6.99. The van der Waals surface area contributed by atoms with Crippen molar-refractivity contribution < 1.29 is 13.2 Å². The normalized spacial score (nSPS) is 19.6. The lowest BCUT2D eigenvalue weighted by Crippen LogP contribution is -2.36. The molecule has 0 fully saturated rings. The molecule has 1 aromatic rings. The van der Waals surface area contributed by atoms with Crippen LogP contribution in [0, 0.1) is 13.8 Å². The Morgan fingerprint density at radius 2 is 2.19 bits per heavy atom. The van der Waals surface area contributed by atoms with Crippen molar-refractivity contribution >= 4 is 15.7 Å². The Hall–Kier alpha value is -1.96. The molecule has 2 heterocycles. The van der Waals surface area contributed by atoms with E-state index in [2.05, 4.69) is 10.3 Å². The molecule has 1 aliphatic heterocycles. The molecule has 0 aromatic carbocycles. The number of carbonyl (C=O) groups is 1. The number of carbonyl (C=O) groups excluding carboxylic acids is 1. The summed E-state index contributed by atoms with van der Waals surface area (Å²) in [6.07, 6.45) is 1.55. The molecule has 1 aliphatic rings. The zero-order valence-corrected chi connectivity index (χ0v) is 12.7. The largest absolute Gasteiger partial charge is 0.349 e. The molecular weight excluding hydrogens is 294 g/mol. The monoisotopic (exact) mass is 311 g/mol. The van der Waals surface area contributed by atoms with Crippen LogP contribution in [0.15, 0.2) is 22.3 Å². The number of sulfone groups is 1. The molecule has 8 heteroatoms. The summed E-state index contributed by atoms with van der Waals surface area (Å²) in [6, 6.07) is 1.28. The van der Waals surface area contributed by atoms with E-state index in [0.29, 0.717) is 5.69 Å². The smallest absolute Gasteiger partial charge is 0.347 e. The summed E-state index contributed by atoms with van der Waals surface area (Å²) in [6.45, 7) is 3.73. The minimum absolute atomic E-state index is 0.0931. The zero-order valence-electron chi connectivity index (χ0n) is 11.9. The number of rotatable bonds is 4. The molecule has 1 unspecified atom stereocenters. The molecule has 0 saturated heterocycles. The first-order valence-electron chi connectivity index (χ1n) is 6.52. The Morgan fingerprint density at radius 1 is 1.48 bits per heavy atom. The quantitative estimate of drug-likeness (QED) is 0.821. The lowest BCUT2D eigenvalue weighted by atomic mass is 10.3. The minimum atomic E-state index is -3.19. The van der Waals surface area contributed by atoms with Gasteiger partial charge in [0.2, 0.25) is 5.91 Å². The lowest BCUT2D eigenvalue weighted by molar-refractivity contribution is -0.121. The van der Waals surface area contributed by atoms with E-state index in [1.807, 2.05) is 0 Å². The number of hydrogen-bond acceptors (Lipinski definition) is 5. The van der Waals surface area contributed by atoms with Crippen molar-refractivity contribution in [2.24, 2.45) is 0 Å². The summed E-state index contributed by atoms with van der Waals surface area (Å²) in [7, 11) is -3.19. The van der Waals surface area contributed by atoms with Crippen LogP contribution in [0.25, 0.3) is 0 Å². The number of nitrogens with one attached hydrogen (secondary N) is 1. The molecule has 0 bridgehead atoms. The SMILES string of the molecule is Cc1cc(C)n(CCC(=O)NC2C=CS(=O)(=O)C2)c(=O)n1. The van der Waals surface area contributed by atoms with Gasteiger partial charge in [-0.15, -0.1) is 0 Å². The molecule has 114 valence electrons. The third kappa shape index (κ3) is 4.01. The highest BCUT2D eigenvalue weighted by Gasteiger charge is 2.22. The van der Waals surface area contributed by atoms with E-state index in [9.17, 15) is 18.0 Å². The molecule has 1 atom stereocenters. The van der Waals surface area contributed by atoms with Gasteiger partial charge in [0, 0.05) is 29.8 Å². The van der Waals surface area contributed by atoms with Gasteiger partial charge in [-0.2, -0.15) is 4.98 Å². The van der Waals surface area contributed by atoms with Crippen LogP contribution in [0.1, 0.15) is 17.8 Å². The first-order chi connectivity index (χ1) is 9.77. The maximum Gasteiger partial charge on any atom is 0.347 e. The zero-order chi connectivity index (χ0) is 15.6.